The summed E-state index contributed by atoms with van der Waals surface area (Å²) in [5.74, 6) is 0.256. The average Bonchev–Trinajstić information content (AvgIpc) is 3.21. The maximum absolute atomic E-state index is 11.8. The summed E-state index contributed by atoms with van der Waals surface area (Å²) >= 11 is 0. The number of unbranched alkanes of at least 4 members (excludes halogenated alkanes) is 1. The topological polar surface area (TPSA) is 61.4 Å². The van der Waals surface area contributed by atoms with Gasteiger partial charge in [-0.25, -0.2) is 13.1 Å². The normalized spacial score (nSPS) is 20.1. The molecule has 0 aromatic rings. The summed E-state index contributed by atoms with van der Waals surface area (Å²) in [6.45, 7) is 2.30. The maximum atomic E-state index is 11.8. The molecule has 5 nitrogen and oxygen atoms in total. The second kappa shape index (κ2) is 7.02. The van der Waals surface area contributed by atoms with Crippen LogP contribution >= 0.6 is 0 Å². The third-order valence-electron chi connectivity index (χ3n) is 3.81. The van der Waals surface area contributed by atoms with Crippen LogP contribution in [0.5, 0.6) is 0 Å². The Labute approximate surface area is 117 Å². The largest absolute Gasteiger partial charge is 0.314 e. The highest BCUT2D eigenvalue weighted by molar-refractivity contribution is 7.89. The zero-order valence-corrected chi connectivity index (χ0v) is 12.7. The highest BCUT2D eigenvalue weighted by atomic mass is 32.2. The van der Waals surface area contributed by atoms with Crippen molar-refractivity contribution in [2.75, 3.05) is 32.4 Å². The number of likely N-dealkylation sites (N-methyl/N-ethyl adjacent to an activating group) is 1. The molecule has 2 saturated carbocycles. The van der Waals surface area contributed by atoms with Gasteiger partial charge in [0.25, 0.3) is 0 Å². The Bertz CT molecular complexity index is 364. The Kier molecular flexibility index (Phi) is 5.62. The van der Waals surface area contributed by atoms with Gasteiger partial charge in [0.1, 0.15) is 0 Å². The molecule has 0 amide bonds. The van der Waals surface area contributed by atoms with Crippen molar-refractivity contribution in [3.05, 3.63) is 0 Å². The number of hydrogen-bond donors (Lipinski definition) is 2. The molecule has 0 atom stereocenters. The zero-order valence-electron chi connectivity index (χ0n) is 11.9. The lowest BCUT2D eigenvalue weighted by molar-refractivity contribution is 0.329. The lowest BCUT2D eigenvalue weighted by Gasteiger charge is -2.15. The number of nitrogens with zero attached hydrogens (tertiary/aromatic N) is 1. The van der Waals surface area contributed by atoms with Crippen LogP contribution < -0.4 is 10.0 Å². The highest BCUT2D eigenvalue weighted by Gasteiger charge is 2.25. The lowest BCUT2D eigenvalue weighted by atomic mass is 10.3. The molecule has 0 aliphatic heterocycles. The van der Waals surface area contributed by atoms with E-state index in [0.29, 0.717) is 18.6 Å². The molecule has 0 spiro atoms. The summed E-state index contributed by atoms with van der Waals surface area (Å²) < 4.78 is 26.2. The van der Waals surface area contributed by atoms with Crippen LogP contribution in [0.15, 0.2) is 0 Å². The molecule has 2 aliphatic carbocycles. The highest BCUT2D eigenvalue weighted by Crippen LogP contribution is 2.24. The molecule has 2 N–H and O–H groups in total. The first kappa shape index (κ1) is 15.2. The predicted molar refractivity (Wildman–Crippen MR) is 77.7 cm³/mol. The van der Waals surface area contributed by atoms with Crippen molar-refractivity contribution >= 4 is 10.0 Å². The quantitative estimate of drug-likeness (QED) is 0.545. The molecular formula is C13H27N3O2S. The van der Waals surface area contributed by atoms with E-state index in [9.17, 15) is 8.42 Å². The molecule has 2 rings (SSSR count). The zero-order chi connectivity index (χ0) is 13.7. The van der Waals surface area contributed by atoms with Crippen LogP contribution in [-0.2, 0) is 10.0 Å². The molecule has 0 aromatic heterocycles. The van der Waals surface area contributed by atoms with Crippen LogP contribution in [0.4, 0.5) is 0 Å². The summed E-state index contributed by atoms with van der Waals surface area (Å²) in [6, 6.07) is 1.41. The van der Waals surface area contributed by atoms with Crippen LogP contribution in [0, 0.1) is 0 Å². The van der Waals surface area contributed by atoms with Crippen LogP contribution in [0.2, 0.25) is 0 Å². The minimum absolute atomic E-state index is 0.256. The van der Waals surface area contributed by atoms with E-state index >= 15 is 0 Å². The molecule has 0 aromatic carbocycles. The molecule has 0 radical (unpaired) electrons. The molecule has 2 fully saturated rings. The molecule has 19 heavy (non-hydrogen) atoms. The molecular weight excluding hydrogens is 262 g/mol. The second-order valence-electron chi connectivity index (χ2n) is 5.86. The fourth-order valence-electron chi connectivity index (χ4n) is 2.16. The van der Waals surface area contributed by atoms with E-state index in [1.807, 2.05) is 0 Å². The Hall–Kier alpha value is -0.170. The summed E-state index contributed by atoms with van der Waals surface area (Å²) in [7, 11) is -1.01. The minimum atomic E-state index is -3.07. The second-order valence-corrected chi connectivity index (χ2v) is 7.79. The van der Waals surface area contributed by atoms with E-state index in [1.54, 1.807) is 0 Å². The summed E-state index contributed by atoms with van der Waals surface area (Å²) in [4.78, 5) is 2.24. The van der Waals surface area contributed by atoms with Gasteiger partial charge in [-0.3, -0.25) is 0 Å². The van der Waals surface area contributed by atoms with Gasteiger partial charge >= 0.3 is 0 Å². The molecule has 0 unspecified atom stereocenters. The van der Waals surface area contributed by atoms with Gasteiger partial charge in [-0.2, -0.15) is 0 Å². The van der Waals surface area contributed by atoms with Gasteiger partial charge in [0.2, 0.25) is 10.0 Å². The standard InChI is InChI=1S/C13H27N3O2S/c1-16(13-6-7-13)10-9-15-19(17,18)11-3-2-8-14-12-4-5-12/h12-15H,2-11H2,1H3. The third-order valence-corrected chi connectivity index (χ3v) is 5.28. The number of rotatable bonds is 11. The SMILES string of the molecule is CN(CCNS(=O)(=O)CCCCNC1CC1)C1CC1. The van der Waals surface area contributed by atoms with Gasteiger partial charge in [0, 0.05) is 25.2 Å². The maximum Gasteiger partial charge on any atom is 0.211 e. The van der Waals surface area contributed by atoms with Crippen molar-refractivity contribution in [2.24, 2.45) is 0 Å². The number of hydrogen-bond acceptors (Lipinski definition) is 4. The Morgan fingerprint density at radius 3 is 2.47 bits per heavy atom. The van der Waals surface area contributed by atoms with E-state index in [0.717, 1.165) is 25.9 Å². The van der Waals surface area contributed by atoms with E-state index in [4.69, 9.17) is 0 Å². The fourth-order valence-corrected chi connectivity index (χ4v) is 3.29. The van der Waals surface area contributed by atoms with Crippen molar-refractivity contribution in [1.29, 1.82) is 0 Å². The van der Waals surface area contributed by atoms with Gasteiger partial charge in [-0.05, 0) is 52.1 Å². The Balaban J connectivity index is 1.47. The molecule has 112 valence electrons. The molecule has 2 aliphatic rings. The number of sulfonamides is 1. The molecule has 0 saturated heterocycles. The van der Waals surface area contributed by atoms with Gasteiger partial charge in [-0.15, -0.1) is 0 Å². The number of nitrogens with one attached hydrogen (secondary N) is 2. The lowest BCUT2D eigenvalue weighted by Crippen LogP contribution is -2.35. The Morgan fingerprint density at radius 2 is 1.84 bits per heavy atom. The van der Waals surface area contributed by atoms with Crippen molar-refractivity contribution in [2.45, 2.75) is 50.6 Å². The summed E-state index contributed by atoms with van der Waals surface area (Å²) in [6.07, 6.45) is 6.78. The van der Waals surface area contributed by atoms with Crippen molar-refractivity contribution in [1.82, 2.24) is 14.9 Å². The van der Waals surface area contributed by atoms with E-state index in [2.05, 4.69) is 22.0 Å². The van der Waals surface area contributed by atoms with Crippen molar-refractivity contribution in [3.8, 4) is 0 Å². The van der Waals surface area contributed by atoms with Gasteiger partial charge < -0.3 is 10.2 Å². The smallest absolute Gasteiger partial charge is 0.211 e. The van der Waals surface area contributed by atoms with E-state index < -0.39 is 10.0 Å². The van der Waals surface area contributed by atoms with Crippen molar-refractivity contribution < 1.29 is 8.42 Å². The Morgan fingerprint density at radius 1 is 1.11 bits per heavy atom. The van der Waals surface area contributed by atoms with Crippen molar-refractivity contribution in [3.63, 3.8) is 0 Å². The monoisotopic (exact) mass is 289 g/mol. The van der Waals surface area contributed by atoms with Gasteiger partial charge in [-0.1, -0.05) is 0 Å². The fraction of sp³-hybridized carbons (Fsp3) is 1.00. The molecule has 6 heteroatoms. The van der Waals surface area contributed by atoms with Crippen LogP contribution in [0.1, 0.15) is 38.5 Å². The third kappa shape index (κ3) is 6.70. The first-order valence-electron chi connectivity index (χ1n) is 7.48. The predicted octanol–water partition coefficient (Wildman–Crippen LogP) is 0.532. The van der Waals surface area contributed by atoms with Crippen LogP contribution in [0.3, 0.4) is 0 Å². The van der Waals surface area contributed by atoms with Crippen LogP contribution in [-0.4, -0.2) is 57.8 Å². The van der Waals surface area contributed by atoms with Gasteiger partial charge in [0.05, 0.1) is 5.75 Å². The summed E-state index contributed by atoms with van der Waals surface area (Å²) in [5.41, 5.74) is 0. The molecule has 0 bridgehead atoms. The minimum Gasteiger partial charge on any atom is -0.314 e. The van der Waals surface area contributed by atoms with E-state index in [1.165, 1.54) is 25.7 Å². The molecule has 0 heterocycles. The first-order chi connectivity index (χ1) is 9.07. The first-order valence-corrected chi connectivity index (χ1v) is 9.13. The van der Waals surface area contributed by atoms with E-state index in [-0.39, 0.29) is 5.75 Å². The van der Waals surface area contributed by atoms with Gasteiger partial charge in [0.15, 0.2) is 0 Å². The van der Waals surface area contributed by atoms with Crippen LogP contribution in [0.25, 0.3) is 0 Å². The average molecular weight is 289 g/mol. The summed E-state index contributed by atoms with van der Waals surface area (Å²) in [5, 5.41) is 3.40.